The molecule has 0 aliphatic rings. The van der Waals surface area contributed by atoms with E-state index >= 15 is 0 Å². The molecule has 0 spiro atoms. The van der Waals surface area contributed by atoms with Gasteiger partial charge in [-0.05, 0) is 42.0 Å². The lowest BCUT2D eigenvalue weighted by Crippen LogP contribution is -1.99. The molecule has 0 fully saturated rings. The molecule has 0 atom stereocenters. The number of hydrogen-bond acceptors (Lipinski definition) is 4. The summed E-state index contributed by atoms with van der Waals surface area (Å²) in [6.45, 7) is 0. The van der Waals surface area contributed by atoms with Gasteiger partial charge in [0.1, 0.15) is 0 Å². The van der Waals surface area contributed by atoms with Crippen LogP contribution in [0.2, 0.25) is 0 Å². The summed E-state index contributed by atoms with van der Waals surface area (Å²) in [7, 11) is 1.35. The highest BCUT2D eigenvalue weighted by atomic mass is 16.5. The lowest BCUT2D eigenvalue weighted by molar-refractivity contribution is 0.0601. The maximum absolute atomic E-state index is 11.3. The highest BCUT2D eigenvalue weighted by Crippen LogP contribution is 2.14. The van der Waals surface area contributed by atoms with Crippen molar-refractivity contribution in [2.24, 2.45) is 4.99 Å². The molecule has 0 amide bonds. The minimum absolute atomic E-state index is 0.368. The second-order valence-corrected chi connectivity index (χ2v) is 4.03. The molecule has 0 aliphatic heterocycles. The van der Waals surface area contributed by atoms with Crippen molar-refractivity contribution < 1.29 is 9.53 Å². The SMILES string of the molecule is COC(=O)c1ccc(N=Cc2ccc(C#N)cc2)cc1. The lowest BCUT2D eigenvalue weighted by Gasteiger charge is -1.99. The molecule has 4 nitrogen and oxygen atoms in total. The van der Waals surface area contributed by atoms with Crippen LogP contribution in [0.5, 0.6) is 0 Å². The lowest BCUT2D eigenvalue weighted by atomic mass is 10.1. The van der Waals surface area contributed by atoms with E-state index in [1.165, 1.54) is 7.11 Å². The van der Waals surface area contributed by atoms with Crippen LogP contribution in [0.1, 0.15) is 21.5 Å². The first-order chi connectivity index (χ1) is 9.72. The quantitative estimate of drug-likeness (QED) is 0.632. The maximum Gasteiger partial charge on any atom is 0.337 e. The van der Waals surface area contributed by atoms with Crippen LogP contribution in [-0.2, 0) is 4.74 Å². The number of hydrogen-bond donors (Lipinski definition) is 0. The average Bonchev–Trinajstić information content (AvgIpc) is 2.53. The number of benzene rings is 2. The predicted molar refractivity (Wildman–Crippen MR) is 76.2 cm³/mol. The van der Waals surface area contributed by atoms with E-state index in [0.29, 0.717) is 11.1 Å². The van der Waals surface area contributed by atoms with Gasteiger partial charge in [-0.25, -0.2) is 4.79 Å². The molecule has 98 valence electrons. The fraction of sp³-hybridized carbons (Fsp3) is 0.0625. The van der Waals surface area contributed by atoms with Gasteiger partial charge in [-0.2, -0.15) is 5.26 Å². The van der Waals surface area contributed by atoms with Gasteiger partial charge in [0.05, 0.1) is 30.0 Å². The van der Waals surface area contributed by atoms with E-state index in [0.717, 1.165) is 11.3 Å². The van der Waals surface area contributed by atoms with Gasteiger partial charge >= 0.3 is 5.97 Å². The largest absolute Gasteiger partial charge is 0.465 e. The smallest absolute Gasteiger partial charge is 0.337 e. The fourth-order valence-corrected chi connectivity index (χ4v) is 1.59. The van der Waals surface area contributed by atoms with Crippen molar-refractivity contribution in [3.8, 4) is 6.07 Å². The molecule has 0 aromatic heterocycles. The summed E-state index contributed by atoms with van der Waals surface area (Å²) in [6, 6.07) is 16.0. The van der Waals surface area contributed by atoms with Gasteiger partial charge in [0.15, 0.2) is 0 Å². The summed E-state index contributed by atoms with van der Waals surface area (Å²) >= 11 is 0. The number of nitriles is 1. The van der Waals surface area contributed by atoms with E-state index in [1.807, 2.05) is 12.1 Å². The van der Waals surface area contributed by atoms with Crippen LogP contribution in [0.25, 0.3) is 0 Å². The zero-order valence-corrected chi connectivity index (χ0v) is 10.9. The third-order valence-corrected chi connectivity index (χ3v) is 2.69. The highest BCUT2D eigenvalue weighted by Gasteiger charge is 2.03. The van der Waals surface area contributed by atoms with Crippen LogP contribution in [0.3, 0.4) is 0 Å². The summed E-state index contributed by atoms with van der Waals surface area (Å²) in [5.41, 5.74) is 2.75. The summed E-state index contributed by atoms with van der Waals surface area (Å²) in [5.74, 6) is -0.368. The summed E-state index contributed by atoms with van der Waals surface area (Å²) < 4.78 is 4.62. The van der Waals surface area contributed by atoms with Crippen molar-refractivity contribution in [1.82, 2.24) is 0 Å². The average molecular weight is 264 g/mol. The van der Waals surface area contributed by atoms with Crippen molar-refractivity contribution in [3.63, 3.8) is 0 Å². The van der Waals surface area contributed by atoms with E-state index < -0.39 is 0 Å². The van der Waals surface area contributed by atoms with Crippen LogP contribution < -0.4 is 0 Å². The molecular formula is C16H12N2O2. The Morgan fingerprint density at radius 2 is 1.80 bits per heavy atom. The molecule has 0 saturated heterocycles. The monoisotopic (exact) mass is 264 g/mol. The number of carbonyl (C=O) groups excluding carboxylic acids is 1. The maximum atomic E-state index is 11.3. The third kappa shape index (κ3) is 3.30. The van der Waals surface area contributed by atoms with Crippen molar-refractivity contribution >= 4 is 17.9 Å². The minimum Gasteiger partial charge on any atom is -0.465 e. The van der Waals surface area contributed by atoms with Crippen LogP contribution >= 0.6 is 0 Å². The minimum atomic E-state index is -0.368. The molecule has 0 N–H and O–H groups in total. The predicted octanol–water partition coefficient (Wildman–Crippen LogP) is 3.10. The van der Waals surface area contributed by atoms with Gasteiger partial charge in [0, 0.05) is 6.21 Å². The normalized spacial score (nSPS) is 10.2. The number of nitrogens with zero attached hydrogens (tertiary/aromatic N) is 2. The molecule has 0 saturated carbocycles. The molecule has 2 rings (SSSR count). The zero-order chi connectivity index (χ0) is 14.4. The van der Waals surface area contributed by atoms with Crippen molar-refractivity contribution in [1.29, 1.82) is 5.26 Å². The summed E-state index contributed by atoms with van der Waals surface area (Å²) in [5, 5.41) is 8.71. The topological polar surface area (TPSA) is 62.4 Å². The summed E-state index contributed by atoms with van der Waals surface area (Å²) in [4.78, 5) is 15.6. The van der Waals surface area contributed by atoms with Crippen LogP contribution in [0, 0.1) is 11.3 Å². The Labute approximate surface area is 117 Å². The first-order valence-electron chi connectivity index (χ1n) is 5.95. The van der Waals surface area contributed by atoms with E-state index in [1.54, 1.807) is 42.6 Å². The molecule has 2 aromatic carbocycles. The first kappa shape index (κ1) is 13.5. The molecule has 0 bridgehead atoms. The second kappa shape index (κ2) is 6.30. The summed E-state index contributed by atoms with van der Waals surface area (Å²) in [6.07, 6.45) is 1.70. The number of methoxy groups -OCH3 is 1. The van der Waals surface area contributed by atoms with E-state index in [2.05, 4.69) is 15.8 Å². The number of rotatable bonds is 3. The Kier molecular flexibility index (Phi) is 4.25. The molecule has 20 heavy (non-hydrogen) atoms. The zero-order valence-electron chi connectivity index (χ0n) is 10.9. The Morgan fingerprint density at radius 1 is 1.15 bits per heavy atom. The highest BCUT2D eigenvalue weighted by molar-refractivity contribution is 5.90. The first-order valence-corrected chi connectivity index (χ1v) is 5.95. The van der Waals surface area contributed by atoms with Crippen molar-refractivity contribution in [2.75, 3.05) is 7.11 Å². The molecule has 2 aromatic rings. The number of carbonyl (C=O) groups is 1. The molecular weight excluding hydrogens is 252 g/mol. The Bertz CT molecular complexity index is 665. The standard InChI is InChI=1S/C16H12N2O2/c1-20-16(19)14-6-8-15(9-7-14)18-11-13-4-2-12(10-17)3-5-13/h2-9,11H,1H3. The molecule has 0 aliphatic carbocycles. The molecule has 0 radical (unpaired) electrons. The number of esters is 1. The molecule has 4 heteroatoms. The van der Waals surface area contributed by atoms with E-state index in [4.69, 9.17) is 5.26 Å². The van der Waals surface area contributed by atoms with Crippen molar-refractivity contribution in [3.05, 3.63) is 65.2 Å². The third-order valence-electron chi connectivity index (χ3n) is 2.69. The number of aliphatic imine (C=N–C) groups is 1. The molecule has 0 heterocycles. The van der Waals surface area contributed by atoms with Gasteiger partial charge in [0.2, 0.25) is 0 Å². The second-order valence-electron chi connectivity index (χ2n) is 4.03. The van der Waals surface area contributed by atoms with Gasteiger partial charge in [-0.1, -0.05) is 12.1 Å². The van der Waals surface area contributed by atoms with Gasteiger partial charge in [0.25, 0.3) is 0 Å². The Hall–Kier alpha value is -2.93. The van der Waals surface area contributed by atoms with Gasteiger partial charge in [-0.15, -0.1) is 0 Å². The Morgan fingerprint density at radius 3 is 2.35 bits per heavy atom. The van der Waals surface area contributed by atoms with Crippen molar-refractivity contribution in [2.45, 2.75) is 0 Å². The Balaban J connectivity index is 2.11. The van der Waals surface area contributed by atoms with E-state index in [9.17, 15) is 4.79 Å². The van der Waals surface area contributed by atoms with E-state index in [-0.39, 0.29) is 5.97 Å². The van der Waals surface area contributed by atoms with Crippen LogP contribution in [0.15, 0.2) is 53.5 Å². The van der Waals surface area contributed by atoms with Crippen LogP contribution in [0.4, 0.5) is 5.69 Å². The van der Waals surface area contributed by atoms with Crippen LogP contribution in [-0.4, -0.2) is 19.3 Å². The number of ether oxygens (including phenoxy) is 1. The van der Waals surface area contributed by atoms with Gasteiger partial charge < -0.3 is 4.74 Å². The molecule has 0 unspecified atom stereocenters. The fourth-order valence-electron chi connectivity index (χ4n) is 1.59. The van der Waals surface area contributed by atoms with Gasteiger partial charge in [-0.3, -0.25) is 4.99 Å².